The lowest BCUT2D eigenvalue weighted by Gasteiger charge is -2.18. The number of allylic oxidation sites excluding steroid dienone is 4. The lowest BCUT2D eigenvalue weighted by Crippen LogP contribution is -2.30. The van der Waals surface area contributed by atoms with Gasteiger partial charge in [0.25, 0.3) is 0 Å². The van der Waals surface area contributed by atoms with Gasteiger partial charge in [-0.05, 0) is 70.6 Å². The number of rotatable bonds is 63. The van der Waals surface area contributed by atoms with Gasteiger partial charge in [0, 0.05) is 19.3 Å². The summed E-state index contributed by atoms with van der Waals surface area (Å²) in [7, 11) is 0. The monoisotopic (exact) mass is 1050 g/mol. The minimum atomic E-state index is -0.770. The lowest BCUT2D eigenvalue weighted by atomic mass is 10.0. The van der Waals surface area contributed by atoms with Crippen LogP contribution >= 0.6 is 0 Å². The number of hydrogen-bond donors (Lipinski definition) is 0. The maximum Gasteiger partial charge on any atom is 0.306 e. The summed E-state index contributed by atoms with van der Waals surface area (Å²) in [5.41, 5.74) is 0. The predicted molar refractivity (Wildman–Crippen MR) is 326 cm³/mol. The molecule has 0 saturated carbocycles. The molecule has 0 fully saturated rings. The summed E-state index contributed by atoms with van der Waals surface area (Å²) in [4.78, 5) is 38.4. The minimum Gasteiger partial charge on any atom is -0.462 e. The van der Waals surface area contributed by atoms with E-state index in [4.69, 9.17) is 14.2 Å². The van der Waals surface area contributed by atoms with Crippen LogP contribution in [0.25, 0.3) is 0 Å². The van der Waals surface area contributed by atoms with Crippen molar-refractivity contribution in [2.45, 2.75) is 386 Å². The standard InChI is InChI=1S/C69H130O6/c1-4-7-10-13-16-19-22-25-28-31-33-34-36-39-41-44-47-50-53-56-59-62-68(71)74-65-66(75-69(72)63-60-57-54-51-48-45-42-37-30-27-24-21-18-15-12-9-6-3)64-73-67(70)61-58-55-52-49-46-43-40-38-35-32-29-26-23-20-17-14-11-8-5-2/h25-26,28-29,66H,4-24,27,30-65H2,1-3H3/b28-25-,29-26-/t66-/m0/s1. The maximum absolute atomic E-state index is 12.9. The van der Waals surface area contributed by atoms with E-state index in [1.54, 1.807) is 0 Å². The summed E-state index contributed by atoms with van der Waals surface area (Å²) < 4.78 is 17.0. The third kappa shape index (κ3) is 62.6. The summed E-state index contributed by atoms with van der Waals surface area (Å²) in [6.45, 7) is 6.71. The first-order valence-electron chi connectivity index (χ1n) is 33.8. The molecular weight excluding hydrogens is 925 g/mol. The predicted octanol–water partition coefficient (Wildman–Crippen LogP) is 23.0. The minimum absolute atomic E-state index is 0.0667. The Morgan fingerprint density at radius 1 is 0.253 bits per heavy atom. The Balaban J connectivity index is 4.30. The summed E-state index contributed by atoms with van der Waals surface area (Å²) in [6, 6.07) is 0. The highest BCUT2D eigenvalue weighted by atomic mass is 16.6. The molecule has 0 aromatic carbocycles. The van der Waals surface area contributed by atoms with E-state index in [1.807, 2.05) is 0 Å². The zero-order chi connectivity index (χ0) is 54.3. The first-order chi connectivity index (χ1) is 37.0. The van der Waals surface area contributed by atoms with E-state index in [0.717, 1.165) is 57.8 Å². The molecule has 0 aliphatic rings. The van der Waals surface area contributed by atoms with Gasteiger partial charge in [0.15, 0.2) is 6.10 Å². The molecule has 0 bridgehead atoms. The van der Waals surface area contributed by atoms with E-state index >= 15 is 0 Å². The molecule has 6 heteroatoms. The molecule has 0 unspecified atom stereocenters. The molecule has 0 aliphatic carbocycles. The van der Waals surface area contributed by atoms with E-state index in [9.17, 15) is 14.4 Å². The van der Waals surface area contributed by atoms with Crippen LogP contribution < -0.4 is 0 Å². The van der Waals surface area contributed by atoms with Crippen molar-refractivity contribution in [3.8, 4) is 0 Å². The van der Waals surface area contributed by atoms with Crippen LogP contribution in [0.4, 0.5) is 0 Å². The number of carbonyl (C=O) groups excluding carboxylic acids is 3. The molecule has 75 heavy (non-hydrogen) atoms. The lowest BCUT2D eigenvalue weighted by molar-refractivity contribution is -0.167. The SMILES string of the molecule is CCCCCCCC/C=C\CCCCCCCCCCCCCC(=O)OC[C@H](COC(=O)CCCCCCCCCCC/C=C\CCCCCCCC)OC(=O)CCCCCCCCCCCCCCCCCCC. The van der Waals surface area contributed by atoms with Crippen molar-refractivity contribution in [1.82, 2.24) is 0 Å². The zero-order valence-corrected chi connectivity index (χ0v) is 50.8. The topological polar surface area (TPSA) is 78.9 Å². The molecule has 0 amide bonds. The Labute approximate surface area is 468 Å². The van der Waals surface area contributed by atoms with Crippen LogP contribution in [0.5, 0.6) is 0 Å². The highest BCUT2D eigenvalue weighted by Gasteiger charge is 2.19. The summed E-state index contributed by atoms with van der Waals surface area (Å²) in [5, 5.41) is 0. The van der Waals surface area contributed by atoms with Gasteiger partial charge < -0.3 is 14.2 Å². The average Bonchev–Trinajstić information content (AvgIpc) is 3.41. The van der Waals surface area contributed by atoms with Crippen LogP contribution in [-0.4, -0.2) is 37.2 Å². The van der Waals surface area contributed by atoms with E-state index in [0.29, 0.717) is 19.3 Å². The van der Waals surface area contributed by atoms with Crippen LogP contribution in [0.15, 0.2) is 24.3 Å². The van der Waals surface area contributed by atoms with Gasteiger partial charge in [-0.3, -0.25) is 14.4 Å². The highest BCUT2D eigenvalue weighted by molar-refractivity contribution is 5.71. The number of ether oxygens (including phenoxy) is 3. The van der Waals surface area contributed by atoms with Gasteiger partial charge in [-0.15, -0.1) is 0 Å². The Morgan fingerprint density at radius 2 is 0.440 bits per heavy atom. The second kappa shape index (κ2) is 64.4. The number of unbranched alkanes of at least 4 members (excludes halogenated alkanes) is 48. The average molecular weight is 1060 g/mol. The third-order valence-corrected chi connectivity index (χ3v) is 15.4. The van der Waals surface area contributed by atoms with E-state index < -0.39 is 6.10 Å². The first-order valence-corrected chi connectivity index (χ1v) is 33.8. The highest BCUT2D eigenvalue weighted by Crippen LogP contribution is 2.18. The summed E-state index contributed by atoms with van der Waals surface area (Å²) in [5.74, 6) is -0.839. The molecule has 0 aromatic rings. The molecule has 0 aromatic heterocycles. The molecule has 0 spiro atoms. The fourth-order valence-electron chi connectivity index (χ4n) is 10.3. The second-order valence-electron chi connectivity index (χ2n) is 23.1. The van der Waals surface area contributed by atoms with Crippen molar-refractivity contribution < 1.29 is 28.6 Å². The van der Waals surface area contributed by atoms with Crippen molar-refractivity contribution >= 4 is 17.9 Å². The van der Waals surface area contributed by atoms with Crippen molar-refractivity contribution in [2.75, 3.05) is 13.2 Å². The van der Waals surface area contributed by atoms with Crippen LogP contribution in [0, 0.1) is 0 Å². The van der Waals surface area contributed by atoms with Gasteiger partial charge in [-0.2, -0.15) is 0 Å². The molecule has 0 saturated heterocycles. The molecule has 0 rings (SSSR count). The van der Waals surface area contributed by atoms with Gasteiger partial charge in [0.2, 0.25) is 0 Å². The quantitative estimate of drug-likeness (QED) is 0.0261. The van der Waals surface area contributed by atoms with E-state index in [2.05, 4.69) is 45.1 Å². The molecule has 0 aliphatic heterocycles. The molecule has 0 heterocycles. The molecule has 0 N–H and O–H groups in total. The molecular formula is C69H130O6. The summed E-state index contributed by atoms with van der Waals surface area (Å²) in [6.07, 6.45) is 77.6. The normalized spacial score (nSPS) is 12.1. The zero-order valence-electron chi connectivity index (χ0n) is 50.8. The van der Waals surface area contributed by atoms with E-state index in [-0.39, 0.29) is 31.1 Å². The smallest absolute Gasteiger partial charge is 0.306 e. The van der Waals surface area contributed by atoms with Gasteiger partial charge in [-0.1, -0.05) is 315 Å². The van der Waals surface area contributed by atoms with Crippen molar-refractivity contribution in [3.05, 3.63) is 24.3 Å². The van der Waals surface area contributed by atoms with Crippen molar-refractivity contribution in [3.63, 3.8) is 0 Å². The van der Waals surface area contributed by atoms with Crippen LogP contribution in [0.1, 0.15) is 380 Å². The van der Waals surface area contributed by atoms with Crippen LogP contribution in [0.3, 0.4) is 0 Å². The molecule has 6 nitrogen and oxygen atoms in total. The Bertz CT molecular complexity index is 1210. The first kappa shape index (κ1) is 72.9. The summed E-state index contributed by atoms with van der Waals surface area (Å²) >= 11 is 0. The van der Waals surface area contributed by atoms with E-state index in [1.165, 1.54) is 283 Å². The van der Waals surface area contributed by atoms with Crippen molar-refractivity contribution in [2.24, 2.45) is 0 Å². The Kier molecular flexibility index (Phi) is 62.6. The fourth-order valence-corrected chi connectivity index (χ4v) is 10.3. The molecule has 0 radical (unpaired) electrons. The number of carbonyl (C=O) groups is 3. The molecule has 442 valence electrons. The molecule has 1 atom stereocenters. The largest absolute Gasteiger partial charge is 0.462 e. The number of hydrogen-bond acceptors (Lipinski definition) is 6. The van der Waals surface area contributed by atoms with Crippen molar-refractivity contribution in [1.29, 1.82) is 0 Å². The van der Waals surface area contributed by atoms with Crippen LogP contribution in [0.2, 0.25) is 0 Å². The van der Waals surface area contributed by atoms with Crippen LogP contribution in [-0.2, 0) is 28.6 Å². The third-order valence-electron chi connectivity index (χ3n) is 15.4. The Hall–Kier alpha value is -2.11. The van der Waals surface area contributed by atoms with Gasteiger partial charge in [-0.25, -0.2) is 0 Å². The second-order valence-corrected chi connectivity index (χ2v) is 23.1. The van der Waals surface area contributed by atoms with Gasteiger partial charge >= 0.3 is 17.9 Å². The maximum atomic E-state index is 12.9. The van der Waals surface area contributed by atoms with Gasteiger partial charge in [0.1, 0.15) is 13.2 Å². The number of esters is 3. The Morgan fingerprint density at radius 3 is 0.667 bits per heavy atom. The van der Waals surface area contributed by atoms with Gasteiger partial charge in [0.05, 0.1) is 0 Å². The fraction of sp³-hybridized carbons (Fsp3) is 0.899.